The van der Waals surface area contributed by atoms with Crippen LogP contribution in [-0.4, -0.2) is 5.78 Å². The fourth-order valence-corrected chi connectivity index (χ4v) is 2.02. The van der Waals surface area contributed by atoms with Gasteiger partial charge in [-0.15, -0.1) is 0 Å². The number of hydrogen-bond donors (Lipinski definition) is 0. The number of hydrogen-bond acceptors (Lipinski definition) is 1. The molecule has 2 bridgehead atoms. The molecule has 0 atom stereocenters. The summed E-state index contributed by atoms with van der Waals surface area (Å²) < 4.78 is 0. The van der Waals surface area contributed by atoms with Crippen molar-refractivity contribution in [3.63, 3.8) is 0 Å². The lowest BCUT2D eigenvalue weighted by Crippen LogP contribution is -2.05. The van der Waals surface area contributed by atoms with E-state index in [0.717, 1.165) is 22.3 Å². The van der Waals surface area contributed by atoms with E-state index in [1.807, 2.05) is 0 Å². The lowest BCUT2D eigenvalue weighted by Gasteiger charge is -2.17. The van der Waals surface area contributed by atoms with Crippen molar-refractivity contribution in [2.75, 3.05) is 0 Å². The zero-order valence-corrected chi connectivity index (χ0v) is 6.89. The summed E-state index contributed by atoms with van der Waals surface area (Å²) in [5, 5.41) is 0. The third kappa shape index (κ3) is 0.536. The Morgan fingerprint density at radius 3 is 1.17 bits per heavy atom. The predicted octanol–water partition coefficient (Wildman–Crippen LogP) is 2.04. The van der Waals surface area contributed by atoms with E-state index in [0.29, 0.717) is 0 Å². The summed E-state index contributed by atoms with van der Waals surface area (Å²) in [5.41, 5.74) is 3.34. The first-order valence-corrected chi connectivity index (χ1v) is 3.85. The Labute approximate surface area is 71.8 Å². The molecule has 0 aromatic carbocycles. The van der Waals surface area contributed by atoms with E-state index in [4.69, 9.17) is 0 Å². The topological polar surface area (TPSA) is 17.1 Å². The minimum atomic E-state index is -0.199. The molecule has 2 aliphatic rings. The van der Waals surface area contributed by atoms with Crippen molar-refractivity contribution in [1.29, 1.82) is 0 Å². The first-order valence-electron chi connectivity index (χ1n) is 3.85. The van der Waals surface area contributed by atoms with Crippen LogP contribution in [0.4, 0.5) is 0 Å². The molecule has 2 aliphatic carbocycles. The van der Waals surface area contributed by atoms with E-state index in [2.05, 4.69) is 26.3 Å². The van der Waals surface area contributed by atoms with Crippen LogP contribution in [0.1, 0.15) is 0 Å². The zero-order valence-electron chi connectivity index (χ0n) is 6.89. The Morgan fingerprint density at radius 1 is 0.750 bits per heavy atom. The molecule has 0 unspecified atom stereocenters. The van der Waals surface area contributed by atoms with E-state index < -0.39 is 0 Å². The number of carbonyl (C=O) groups is 1. The summed E-state index contributed by atoms with van der Waals surface area (Å²) in [6.07, 6.45) is 0. The van der Waals surface area contributed by atoms with Gasteiger partial charge in [-0.3, -0.25) is 4.79 Å². The average Bonchev–Trinajstić information content (AvgIpc) is 2.33. The van der Waals surface area contributed by atoms with Gasteiger partial charge in [-0.25, -0.2) is 0 Å². The summed E-state index contributed by atoms with van der Waals surface area (Å²) in [6.45, 7) is 15.3. The zero-order chi connectivity index (χ0) is 9.04. The number of fused-ring (bicyclic) bond motifs is 2. The number of allylic oxidation sites excluding steroid dienone is 4. The molecule has 0 saturated heterocycles. The third-order valence-corrected chi connectivity index (χ3v) is 2.79. The number of Topliss-reactive ketones (excluding diaryl/α,β-unsaturated/α-hetero) is 1. The van der Waals surface area contributed by atoms with E-state index >= 15 is 0 Å². The molecule has 0 amide bonds. The highest BCUT2D eigenvalue weighted by atomic mass is 16.1. The molecule has 1 heteroatoms. The molecule has 0 spiro atoms. The fourth-order valence-electron chi connectivity index (χ4n) is 2.02. The second-order valence-corrected chi connectivity index (χ2v) is 3.37. The Balaban J connectivity index is 2.63. The predicted molar refractivity (Wildman–Crippen MR) is 48.5 cm³/mol. The van der Waals surface area contributed by atoms with Gasteiger partial charge in [-0.1, -0.05) is 26.3 Å². The highest BCUT2D eigenvalue weighted by Crippen LogP contribution is 2.52. The maximum absolute atomic E-state index is 11.6. The SMILES string of the molecule is C=C1C(=C)C2C(=C)C(=C)C1C2=O. The molecule has 0 radical (unpaired) electrons. The molecule has 2 rings (SSSR count). The smallest absolute Gasteiger partial charge is 0.156 e. The number of ketones is 1. The van der Waals surface area contributed by atoms with Gasteiger partial charge in [0, 0.05) is 0 Å². The van der Waals surface area contributed by atoms with Crippen LogP contribution >= 0.6 is 0 Å². The summed E-state index contributed by atoms with van der Waals surface area (Å²) in [6, 6.07) is 0. The van der Waals surface area contributed by atoms with Gasteiger partial charge in [-0.2, -0.15) is 0 Å². The Morgan fingerprint density at radius 2 is 1.00 bits per heavy atom. The van der Waals surface area contributed by atoms with Gasteiger partial charge in [0.1, 0.15) is 0 Å². The van der Waals surface area contributed by atoms with Gasteiger partial charge in [0.2, 0.25) is 0 Å². The van der Waals surface area contributed by atoms with Crippen LogP contribution < -0.4 is 0 Å². The van der Waals surface area contributed by atoms with Crippen molar-refractivity contribution in [1.82, 2.24) is 0 Å². The summed E-state index contributed by atoms with van der Waals surface area (Å²) in [7, 11) is 0. The molecule has 1 nitrogen and oxygen atoms in total. The Bertz CT molecular complexity index is 295. The lowest BCUT2D eigenvalue weighted by molar-refractivity contribution is -0.119. The van der Waals surface area contributed by atoms with Crippen molar-refractivity contribution in [2.24, 2.45) is 11.8 Å². The lowest BCUT2D eigenvalue weighted by atomic mass is 9.85. The van der Waals surface area contributed by atoms with Crippen LogP contribution in [0.3, 0.4) is 0 Å². The highest BCUT2D eigenvalue weighted by Gasteiger charge is 2.50. The van der Waals surface area contributed by atoms with E-state index in [1.54, 1.807) is 0 Å². The second kappa shape index (κ2) is 1.86. The molecule has 12 heavy (non-hydrogen) atoms. The first kappa shape index (κ1) is 7.29. The largest absolute Gasteiger partial charge is 0.298 e. The Hall–Kier alpha value is -1.37. The first-order chi connectivity index (χ1) is 5.55. The molecule has 2 fully saturated rings. The van der Waals surface area contributed by atoms with Gasteiger partial charge in [0.05, 0.1) is 11.8 Å². The normalized spacial score (nSPS) is 33.8. The quantitative estimate of drug-likeness (QED) is 0.527. The van der Waals surface area contributed by atoms with Gasteiger partial charge < -0.3 is 0 Å². The maximum Gasteiger partial charge on any atom is 0.156 e. The average molecular weight is 158 g/mol. The standard InChI is InChI=1S/C11H10O/c1-5-6(2)10-8(4)7(3)9(5)11(10)12/h9-10H,1-4H2. The monoisotopic (exact) mass is 158 g/mol. The van der Waals surface area contributed by atoms with Crippen LogP contribution in [0.5, 0.6) is 0 Å². The molecule has 0 N–H and O–H groups in total. The van der Waals surface area contributed by atoms with Crippen molar-refractivity contribution in [3.8, 4) is 0 Å². The van der Waals surface area contributed by atoms with Crippen molar-refractivity contribution < 1.29 is 4.79 Å². The summed E-state index contributed by atoms with van der Waals surface area (Å²) in [4.78, 5) is 11.6. The minimum absolute atomic E-state index is 0.167. The summed E-state index contributed by atoms with van der Waals surface area (Å²) >= 11 is 0. The highest BCUT2D eigenvalue weighted by molar-refractivity contribution is 6.04. The molecule has 0 aromatic heterocycles. The second-order valence-electron chi connectivity index (χ2n) is 3.37. The van der Waals surface area contributed by atoms with Crippen molar-refractivity contribution in [3.05, 3.63) is 48.6 Å². The summed E-state index contributed by atoms with van der Waals surface area (Å²) in [5.74, 6) is -0.231. The van der Waals surface area contributed by atoms with Gasteiger partial charge in [0.25, 0.3) is 0 Å². The molecule has 2 saturated carbocycles. The van der Waals surface area contributed by atoms with Crippen molar-refractivity contribution in [2.45, 2.75) is 0 Å². The molecule has 60 valence electrons. The van der Waals surface area contributed by atoms with Crippen LogP contribution in [0.25, 0.3) is 0 Å². The Kier molecular flexibility index (Phi) is 1.13. The molecule has 0 aliphatic heterocycles. The van der Waals surface area contributed by atoms with Gasteiger partial charge in [0.15, 0.2) is 5.78 Å². The van der Waals surface area contributed by atoms with E-state index in [9.17, 15) is 4.79 Å². The third-order valence-electron chi connectivity index (χ3n) is 2.79. The number of carbonyl (C=O) groups excluding carboxylic acids is 1. The minimum Gasteiger partial charge on any atom is -0.298 e. The van der Waals surface area contributed by atoms with Gasteiger partial charge >= 0.3 is 0 Å². The molecule has 0 aromatic rings. The van der Waals surface area contributed by atoms with Crippen LogP contribution in [0, 0.1) is 11.8 Å². The molecular formula is C11H10O. The van der Waals surface area contributed by atoms with Crippen LogP contribution in [-0.2, 0) is 4.79 Å². The fraction of sp³-hybridized carbons (Fsp3) is 0.182. The van der Waals surface area contributed by atoms with Gasteiger partial charge in [-0.05, 0) is 22.3 Å². The van der Waals surface area contributed by atoms with E-state index in [-0.39, 0.29) is 17.6 Å². The van der Waals surface area contributed by atoms with Crippen LogP contribution in [0.2, 0.25) is 0 Å². The maximum atomic E-state index is 11.6. The molecular weight excluding hydrogens is 148 g/mol. The molecule has 0 heterocycles. The van der Waals surface area contributed by atoms with Crippen molar-refractivity contribution >= 4 is 5.78 Å². The van der Waals surface area contributed by atoms with Crippen LogP contribution in [0.15, 0.2) is 48.6 Å². The van der Waals surface area contributed by atoms with E-state index in [1.165, 1.54) is 0 Å². The number of rotatable bonds is 0.